The average Bonchev–Trinajstić information content (AvgIpc) is 2.84. The van der Waals surface area contributed by atoms with Crippen LogP contribution >= 0.6 is 11.6 Å². The summed E-state index contributed by atoms with van der Waals surface area (Å²) in [4.78, 5) is 9.87. The predicted octanol–water partition coefficient (Wildman–Crippen LogP) is 3.44. The summed E-state index contributed by atoms with van der Waals surface area (Å²) in [7, 11) is 0. The molecule has 2 atom stereocenters. The van der Waals surface area contributed by atoms with Gasteiger partial charge in [-0.2, -0.15) is 13.2 Å². The molecule has 3 heterocycles. The predicted molar refractivity (Wildman–Crippen MR) is 85.9 cm³/mol. The molecule has 0 saturated heterocycles. The van der Waals surface area contributed by atoms with E-state index in [4.69, 9.17) is 16.3 Å². The van der Waals surface area contributed by atoms with Crippen molar-refractivity contribution in [3.8, 4) is 0 Å². The van der Waals surface area contributed by atoms with Crippen molar-refractivity contribution in [3.63, 3.8) is 0 Å². The zero-order valence-electron chi connectivity index (χ0n) is 13.4. The lowest BCUT2D eigenvalue weighted by molar-refractivity contribution is -0.165. The number of aliphatic hydroxyl groups excluding tert-OH is 1. The van der Waals surface area contributed by atoms with Crippen molar-refractivity contribution < 1.29 is 23.0 Å². The van der Waals surface area contributed by atoms with Gasteiger partial charge in [0.15, 0.2) is 6.61 Å². The molecule has 0 aromatic carbocycles. The van der Waals surface area contributed by atoms with Crippen molar-refractivity contribution >= 4 is 17.8 Å². The Hall–Kier alpha value is -1.64. The van der Waals surface area contributed by atoms with Gasteiger partial charge in [0.25, 0.3) is 0 Å². The maximum absolute atomic E-state index is 12.2. The van der Waals surface area contributed by atoms with Crippen molar-refractivity contribution in [3.05, 3.63) is 40.0 Å². The lowest BCUT2D eigenvalue weighted by Crippen LogP contribution is -2.30. The first kappa shape index (κ1) is 18.2. The molecule has 2 unspecified atom stereocenters. The van der Waals surface area contributed by atoms with Crippen LogP contribution in [0.1, 0.15) is 30.7 Å². The van der Waals surface area contributed by atoms with Gasteiger partial charge in [-0.25, -0.2) is 9.98 Å². The number of rotatable bonds is 4. The molecule has 2 aliphatic heterocycles. The van der Waals surface area contributed by atoms with Gasteiger partial charge in [-0.1, -0.05) is 11.6 Å². The quantitative estimate of drug-likeness (QED) is 0.819. The minimum absolute atomic E-state index is 0.0195. The highest BCUT2D eigenvalue weighted by atomic mass is 35.5. The van der Waals surface area contributed by atoms with E-state index in [0.29, 0.717) is 30.2 Å². The molecule has 9 heteroatoms. The van der Waals surface area contributed by atoms with Gasteiger partial charge < -0.3 is 9.84 Å². The van der Waals surface area contributed by atoms with Crippen LogP contribution in [0.2, 0.25) is 5.15 Å². The smallest absolute Gasteiger partial charge is 0.422 e. The fraction of sp³-hybridized carbons (Fsp3) is 0.500. The number of halogens is 4. The number of aromatic nitrogens is 1. The third-order valence-corrected chi connectivity index (χ3v) is 4.53. The number of fused-ring (bicyclic) bond motifs is 1. The lowest BCUT2D eigenvalue weighted by Gasteiger charge is -2.26. The molecule has 1 aromatic rings. The maximum Gasteiger partial charge on any atom is 0.422 e. The molecule has 25 heavy (non-hydrogen) atoms. The van der Waals surface area contributed by atoms with Crippen molar-refractivity contribution in [2.24, 2.45) is 10.9 Å². The van der Waals surface area contributed by atoms with Gasteiger partial charge in [0, 0.05) is 42.5 Å². The summed E-state index contributed by atoms with van der Waals surface area (Å²) in [6.07, 6.45) is -1.53. The Labute approximate surface area is 147 Å². The van der Waals surface area contributed by atoms with Gasteiger partial charge in [0.2, 0.25) is 5.88 Å². The van der Waals surface area contributed by atoms with E-state index in [-0.39, 0.29) is 11.8 Å². The molecule has 0 bridgehead atoms. The number of alkyl halides is 3. The highest BCUT2D eigenvalue weighted by molar-refractivity contribution is 6.30. The first-order chi connectivity index (χ1) is 11.7. The van der Waals surface area contributed by atoms with Crippen LogP contribution < -0.4 is 0 Å². The molecule has 0 aliphatic carbocycles. The van der Waals surface area contributed by atoms with E-state index in [1.54, 1.807) is 25.4 Å². The fourth-order valence-corrected chi connectivity index (χ4v) is 3.30. The van der Waals surface area contributed by atoms with E-state index >= 15 is 0 Å². The van der Waals surface area contributed by atoms with Crippen LogP contribution in [0, 0.1) is 5.92 Å². The molecule has 0 amide bonds. The molecular weight excluding hydrogens is 359 g/mol. The Kier molecular flexibility index (Phi) is 5.04. The van der Waals surface area contributed by atoms with Gasteiger partial charge in [0.05, 0.1) is 0 Å². The van der Waals surface area contributed by atoms with E-state index in [0.717, 1.165) is 11.1 Å². The normalized spacial score (nSPS) is 23.9. The standard InChI is InChI=1S/C16H17ClF3N3O2/c1-9-4-10(5-22-14(9)25-8-16(18,19)20)6-23-7-12-11(15(23)24)2-3-21-13(12)17/h2-3,5,10,15,24H,4,6-8H2,1H3. The molecule has 0 saturated carbocycles. The zero-order chi connectivity index (χ0) is 18.2. The molecule has 1 N–H and O–H groups in total. The van der Waals surface area contributed by atoms with Crippen LogP contribution in [0.5, 0.6) is 0 Å². The van der Waals surface area contributed by atoms with Crippen LogP contribution in [0.4, 0.5) is 13.2 Å². The van der Waals surface area contributed by atoms with E-state index in [2.05, 4.69) is 9.98 Å². The van der Waals surface area contributed by atoms with Gasteiger partial charge >= 0.3 is 6.18 Å². The van der Waals surface area contributed by atoms with Gasteiger partial charge in [0.1, 0.15) is 11.4 Å². The minimum Gasteiger partial charge on any atom is -0.468 e. The highest BCUT2D eigenvalue weighted by Gasteiger charge is 2.33. The Morgan fingerprint density at radius 3 is 2.84 bits per heavy atom. The Morgan fingerprint density at radius 2 is 2.20 bits per heavy atom. The monoisotopic (exact) mass is 375 g/mol. The lowest BCUT2D eigenvalue weighted by atomic mass is 9.99. The maximum atomic E-state index is 12.2. The summed E-state index contributed by atoms with van der Waals surface area (Å²) in [5.74, 6) is -0.0139. The van der Waals surface area contributed by atoms with Crippen LogP contribution in [0.25, 0.3) is 0 Å². The first-order valence-corrected chi connectivity index (χ1v) is 8.11. The summed E-state index contributed by atoms with van der Waals surface area (Å²) in [6, 6.07) is 1.73. The first-order valence-electron chi connectivity index (χ1n) is 7.73. The average molecular weight is 376 g/mol. The second kappa shape index (κ2) is 6.93. The SMILES string of the molecule is CC1=C(OCC(F)(F)F)N=CC(CN2Cc3c(ccnc3Cl)C2O)C1. The second-order valence-electron chi connectivity index (χ2n) is 6.20. The van der Waals surface area contributed by atoms with E-state index < -0.39 is 19.0 Å². The van der Waals surface area contributed by atoms with Crippen LogP contribution in [0.3, 0.4) is 0 Å². The van der Waals surface area contributed by atoms with Crippen molar-refractivity contribution in [1.29, 1.82) is 0 Å². The Bertz CT molecular complexity index is 721. The number of aliphatic hydroxyl groups is 1. The molecule has 2 aliphatic rings. The minimum atomic E-state index is -4.39. The summed E-state index contributed by atoms with van der Waals surface area (Å²) in [5, 5.41) is 10.8. The summed E-state index contributed by atoms with van der Waals surface area (Å²) >= 11 is 6.07. The number of ether oxygens (including phenoxy) is 1. The molecule has 136 valence electrons. The summed E-state index contributed by atoms with van der Waals surface area (Å²) < 4.78 is 41.5. The molecule has 3 rings (SSSR count). The molecule has 0 spiro atoms. The third-order valence-electron chi connectivity index (χ3n) is 4.20. The third kappa shape index (κ3) is 4.13. The number of allylic oxidation sites excluding steroid dienone is 1. The molecular formula is C16H17ClF3N3O2. The number of hydrogen-bond donors (Lipinski definition) is 1. The van der Waals surface area contributed by atoms with E-state index in [9.17, 15) is 18.3 Å². The molecule has 0 fully saturated rings. The Balaban J connectivity index is 1.61. The number of aliphatic imine (C=N–C) groups is 1. The van der Waals surface area contributed by atoms with E-state index in [1.807, 2.05) is 4.90 Å². The van der Waals surface area contributed by atoms with Crippen LogP contribution in [0.15, 0.2) is 28.7 Å². The highest BCUT2D eigenvalue weighted by Crippen LogP contribution is 2.36. The summed E-state index contributed by atoms with van der Waals surface area (Å²) in [5.41, 5.74) is 2.18. The molecule has 5 nitrogen and oxygen atoms in total. The Morgan fingerprint density at radius 1 is 1.44 bits per heavy atom. The number of hydrogen-bond acceptors (Lipinski definition) is 5. The van der Waals surface area contributed by atoms with Crippen molar-refractivity contribution in [2.75, 3.05) is 13.2 Å². The summed E-state index contributed by atoms with van der Waals surface area (Å²) in [6.45, 7) is 1.31. The largest absolute Gasteiger partial charge is 0.468 e. The zero-order valence-corrected chi connectivity index (χ0v) is 14.2. The second-order valence-corrected chi connectivity index (χ2v) is 6.56. The van der Waals surface area contributed by atoms with E-state index in [1.165, 1.54) is 0 Å². The number of nitrogens with zero attached hydrogens (tertiary/aromatic N) is 3. The fourth-order valence-electron chi connectivity index (χ4n) is 3.07. The molecule has 1 aromatic heterocycles. The van der Waals surface area contributed by atoms with Crippen molar-refractivity contribution in [2.45, 2.75) is 32.3 Å². The number of pyridine rings is 1. The van der Waals surface area contributed by atoms with Gasteiger partial charge in [-0.15, -0.1) is 0 Å². The molecule has 0 radical (unpaired) electrons. The van der Waals surface area contributed by atoms with Gasteiger partial charge in [-0.05, 0) is 25.0 Å². The van der Waals surface area contributed by atoms with Crippen LogP contribution in [-0.4, -0.2) is 40.5 Å². The van der Waals surface area contributed by atoms with Crippen LogP contribution in [-0.2, 0) is 11.3 Å². The van der Waals surface area contributed by atoms with Crippen molar-refractivity contribution in [1.82, 2.24) is 9.88 Å². The van der Waals surface area contributed by atoms with Gasteiger partial charge in [-0.3, -0.25) is 4.90 Å². The topological polar surface area (TPSA) is 58.0 Å².